The molecule has 2 saturated heterocycles. The smallest absolute Gasteiger partial charge is 0.254 e. The van der Waals surface area contributed by atoms with Crippen LogP contribution in [0.1, 0.15) is 23.2 Å². The molecule has 2 aliphatic rings. The molecule has 4 rings (SSSR count). The fourth-order valence-corrected chi connectivity index (χ4v) is 3.94. The van der Waals surface area contributed by atoms with Gasteiger partial charge in [-0.1, -0.05) is 18.2 Å². The highest BCUT2D eigenvalue weighted by Gasteiger charge is 2.44. The van der Waals surface area contributed by atoms with Crippen LogP contribution in [0, 0.1) is 0 Å². The molecule has 1 aromatic carbocycles. The number of piperidine rings is 1. The standard InChI is InChI=1S/C21H23N3O4/c1-22-11-8-16(12-18(22)25)20(27)23-10-5-9-21(14-23)15-24(19(26)13-28-21)17-6-3-2-4-7-17/h2-4,6-8,11-12H,5,9-10,13-15H2,1H3. The summed E-state index contributed by atoms with van der Waals surface area (Å²) in [4.78, 5) is 40.7. The van der Waals surface area contributed by atoms with Crippen molar-refractivity contribution in [2.45, 2.75) is 18.4 Å². The van der Waals surface area contributed by atoms with E-state index in [4.69, 9.17) is 4.74 Å². The highest BCUT2D eigenvalue weighted by molar-refractivity contribution is 5.96. The third-order valence-electron chi connectivity index (χ3n) is 5.49. The Hall–Kier alpha value is -2.93. The molecule has 0 radical (unpaired) electrons. The van der Waals surface area contributed by atoms with Gasteiger partial charge in [-0.2, -0.15) is 0 Å². The Bertz CT molecular complexity index is 956. The Morgan fingerprint density at radius 2 is 1.89 bits per heavy atom. The van der Waals surface area contributed by atoms with Gasteiger partial charge in [0.05, 0.1) is 13.1 Å². The van der Waals surface area contributed by atoms with Gasteiger partial charge < -0.3 is 19.1 Å². The van der Waals surface area contributed by atoms with Gasteiger partial charge in [0.1, 0.15) is 12.2 Å². The molecule has 1 atom stereocenters. The highest BCUT2D eigenvalue weighted by atomic mass is 16.5. The van der Waals surface area contributed by atoms with Gasteiger partial charge in [-0.05, 0) is 31.0 Å². The number of hydrogen-bond acceptors (Lipinski definition) is 4. The Morgan fingerprint density at radius 3 is 2.64 bits per heavy atom. The molecule has 0 aliphatic carbocycles. The Labute approximate surface area is 163 Å². The number of pyridine rings is 1. The number of carbonyl (C=O) groups is 2. The Kier molecular flexibility index (Phi) is 4.77. The third kappa shape index (κ3) is 3.45. The van der Waals surface area contributed by atoms with Crippen molar-refractivity contribution in [2.24, 2.45) is 7.05 Å². The van der Waals surface area contributed by atoms with Crippen LogP contribution >= 0.6 is 0 Å². The van der Waals surface area contributed by atoms with Gasteiger partial charge in [0.15, 0.2) is 0 Å². The molecular weight excluding hydrogens is 358 g/mol. The van der Waals surface area contributed by atoms with E-state index >= 15 is 0 Å². The van der Waals surface area contributed by atoms with E-state index in [1.54, 1.807) is 29.1 Å². The van der Waals surface area contributed by atoms with Crippen molar-refractivity contribution in [1.29, 1.82) is 0 Å². The van der Waals surface area contributed by atoms with Crippen LogP contribution in [0.3, 0.4) is 0 Å². The van der Waals surface area contributed by atoms with E-state index < -0.39 is 5.60 Å². The summed E-state index contributed by atoms with van der Waals surface area (Å²) in [6.45, 7) is 1.43. The predicted octanol–water partition coefficient (Wildman–Crippen LogP) is 1.42. The molecule has 28 heavy (non-hydrogen) atoms. The number of hydrogen-bond donors (Lipinski definition) is 0. The molecule has 0 N–H and O–H groups in total. The van der Waals surface area contributed by atoms with E-state index in [1.165, 1.54) is 10.6 Å². The number of anilines is 1. The molecule has 7 heteroatoms. The number of carbonyl (C=O) groups excluding carboxylic acids is 2. The SMILES string of the molecule is Cn1ccc(C(=O)N2CCCC3(C2)CN(c2ccccc2)C(=O)CO3)cc1=O. The lowest BCUT2D eigenvalue weighted by molar-refractivity contribution is -0.144. The number of para-hydroxylation sites is 1. The molecule has 0 bridgehead atoms. The number of aromatic nitrogens is 1. The van der Waals surface area contributed by atoms with Crippen molar-refractivity contribution in [3.05, 3.63) is 64.6 Å². The zero-order valence-corrected chi connectivity index (χ0v) is 15.8. The maximum atomic E-state index is 12.9. The van der Waals surface area contributed by atoms with Crippen molar-refractivity contribution in [2.75, 3.05) is 31.1 Å². The van der Waals surface area contributed by atoms with Gasteiger partial charge in [0, 0.05) is 37.1 Å². The molecule has 2 fully saturated rings. The zero-order chi connectivity index (χ0) is 19.7. The van der Waals surface area contributed by atoms with Crippen molar-refractivity contribution in [3.63, 3.8) is 0 Å². The van der Waals surface area contributed by atoms with Crippen LogP contribution in [0.2, 0.25) is 0 Å². The molecule has 1 aromatic heterocycles. The lowest BCUT2D eigenvalue weighted by Gasteiger charge is -2.47. The van der Waals surface area contributed by atoms with Crippen molar-refractivity contribution < 1.29 is 14.3 Å². The highest BCUT2D eigenvalue weighted by Crippen LogP contribution is 2.32. The summed E-state index contributed by atoms with van der Waals surface area (Å²) in [5.41, 5.74) is 0.418. The minimum atomic E-state index is -0.586. The van der Waals surface area contributed by atoms with E-state index in [9.17, 15) is 14.4 Å². The summed E-state index contributed by atoms with van der Waals surface area (Å²) < 4.78 is 7.41. The van der Waals surface area contributed by atoms with Gasteiger partial charge in [0.25, 0.3) is 17.4 Å². The number of nitrogens with zero attached hydrogens (tertiary/aromatic N) is 3. The Morgan fingerprint density at radius 1 is 1.11 bits per heavy atom. The molecule has 2 aliphatic heterocycles. The second-order valence-corrected chi connectivity index (χ2v) is 7.48. The van der Waals surface area contributed by atoms with E-state index in [-0.39, 0.29) is 24.0 Å². The topological polar surface area (TPSA) is 71.8 Å². The second-order valence-electron chi connectivity index (χ2n) is 7.48. The number of morpholine rings is 1. The largest absolute Gasteiger partial charge is 0.361 e. The quantitative estimate of drug-likeness (QED) is 0.789. The second kappa shape index (κ2) is 7.24. The average molecular weight is 381 g/mol. The lowest BCUT2D eigenvalue weighted by atomic mass is 9.90. The summed E-state index contributed by atoms with van der Waals surface area (Å²) in [6.07, 6.45) is 3.17. The van der Waals surface area contributed by atoms with Crippen LogP contribution in [0.25, 0.3) is 0 Å². The first kappa shape index (κ1) is 18.4. The lowest BCUT2D eigenvalue weighted by Crippen LogP contribution is -2.62. The predicted molar refractivity (Wildman–Crippen MR) is 104 cm³/mol. The maximum absolute atomic E-state index is 12.9. The molecule has 7 nitrogen and oxygen atoms in total. The minimum absolute atomic E-state index is 0.00278. The summed E-state index contributed by atoms with van der Waals surface area (Å²) >= 11 is 0. The first-order chi connectivity index (χ1) is 13.5. The number of likely N-dealkylation sites (tertiary alicyclic amines) is 1. The number of ether oxygens (including phenoxy) is 1. The van der Waals surface area contributed by atoms with Crippen molar-refractivity contribution in [3.8, 4) is 0 Å². The summed E-state index contributed by atoms with van der Waals surface area (Å²) in [5.74, 6) is -0.254. The minimum Gasteiger partial charge on any atom is -0.361 e. The number of benzene rings is 1. The average Bonchev–Trinajstić information content (AvgIpc) is 2.72. The molecule has 3 heterocycles. The van der Waals surface area contributed by atoms with E-state index in [2.05, 4.69) is 0 Å². The van der Waals surface area contributed by atoms with Crippen LogP contribution in [-0.4, -0.2) is 53.1 Å². The molecular formula is C21H23N3O4. The van der Waals surface area contributed by atoms with E-state index in [0.29, 0.717) is 25.2 Å². The van der Waals surface area contributed by atoms with Crippen LogP contribution in [-0.2, 0) is 16.6 Å². The third-order valence-corrected chi connectivity index (χ3v) is 5.49. The summed E-state index contributed by atoms with van der Waals surface area (Å²) in [7, 11) is 1.65. The van der Waals surface area contributed by atoms with E-state index in [0.717, 1.165) is 18.5 Å². The first-order valence-corrected chi connectivity index (χ1v) is 9.43. The fraction of sp³-hybridized carbons (Fsp3) is 0.381. The molecule has 2 aromatic rings. The molecule has 1 unspecified atom stereocenters. The summed E-state index contributed by atoms with van der Waals surface area (Å²) in [5, 5.41) is 0. The van der Waals surface area contributed by atoms with Gasteiger partial charge in [-0.15, -0.1) is 0 Å². The van der Waals surface area contributed by atoms with Crippen molar-refractivity contribution >= 4 is 17.5 Å². The monoisotopic (exact) mass is 381 g/mol. The van der Waals surface area contributed by atoms with Crippen LogP contribution in [0.4, 0.5) is 5.69 Å². The molecule has 2 amide bonds. The van der Waals surface area contributed by atoms with Gasteiger partial charge in [-0.25, -0.2) is 0 Å². The Balaban J connectivity index is 1.55. The number of rotatable bonds is 2. The molecule has 1 spiro atoms. The van der Waals surface area contributed by atoms with Crippen LogP contribution in [0.5, 0.6) is 0 Å². The number of amides is 2. The molecule has 0 saturated carbocycles. The zero-order valence-electron chi connectivity index (χ0n) is 15.8. The van der Waals surface area contributed by atoms with E-state index in [1.807, 2.05) is 30.3 Å². The number of aryl methyl sites for hydroxylation is 1. The van der Waals surface area contributed by atoms with Gasteiger partial charge in [-0.3, -0.25) is 14.4 Å². The normalized spacial score (nSPS) is 22.5. The first-order valence-electron chi connectivity index (χ1n) is 9.43. The molecule has 146 valence electrons. The van der Waals surface area contributed by atoms with Crippen molar-refractivity contribution in [1.82, 2.24) is 9.47 Å². The van der Waals surface area contributed by atoms with Gasteiger partial charge >= 0.3 is 0 Å². The van der Waals surface area contributed by atoms with Crippen LogP contribution < -0.4 is 10.5 Å². The fourth-order valence-electron chi connectivity index (χ4n) is 3.94. The van der Waals surface area contributed by atoms with Gasteiger partial charge in [0.2, 0.25) is 0 Å². The van der Waals surface area contributed by atoms with Crippen LogP contribution in [0.15, 0.2) is 53.5 Å². The maximum Gasteiger partial charge on any atom is 0.254 e. The summed E-state index contributed by atoms with van der Waals surface area (Å²) in [6, 6.07) is 12.5.